The van der Waals surface area contributed by atoms with Crippen LogP contribution in [0.1, 0.15) is 43.5 Å². The first-order valence-corrected chi connectivity index (χ1v) is 11.2. The summed E-state index contributed by atoms with van der Waals surface area (Å²) in [6, 6.07) is 13.8. The monoisotopic (exact) mass is 445 g/mol. The summed E-state index contributed by atoms with van der Waals surface area (Å²) >= 11 is 6.13. The first-order valence-electron chi connectivity index (χ1n) is 9.34. The van der Waals surface area contributed by atoms with Crippen molar-refractivity contribution in [1.82, 2.24) is 4.98 Å². The zero-order valence-electron chi connectivity index (χ0n) is 16.9. The molecule has 3 aromatic rings. The molecule has 158 valence electrons. The second-order valence-corrected chi connectivity index (χ2v) is 10.2. The second kappa shape index (κ2) is 8.26. The van der Waals surface area contributed by atoms with E-state index in [0.717, 1.165) is 5.56 Å². The van der Waals surface area contributed by atoms with Gasteiger partial charge in [0.2, 0.25) is 5.56 Å². The number of aromatic nitrogens is 1. The van der Waals surface area contributed by atoms with Crippen molar-refractivity contribution in [3.63, 3.8) is 0 Å². The van der Waals surface area contributed by atoms with Crippen LogP contribution in [0.15, 0.2) is 70.5 Å². The van der Waals surface area contributed by atoms with E-state index in [2.05, 4.69) is 30.5 Å². The van der Waals surface area contributed by atoms with Crippen molar-refractivity contribution < 1.29 is 8.42 Å². The Morgan fingerprint density at radius 3 is 2.30 bits per heavy atom. The molecule has 0 fully saturated rings. The fraction of sp³-hybridized carbons (Fsp3) is 0.227. The number of halogens is 1. The van der Waals surface area contributed by atoms with Gasteiger partial charge in [-0.2, -0.15) is 0 Å². The molecule has 6 nitrogen and oxygen atoms in total. The third kappa shape index (κ3) is 4.92. The van der Waals surface area contributed by atoms with E-state index >= 15 is 0 Å². The quantitative estimate of drug-likeness (QED) is 0.547. The van der Waals surface area contributed by atoms with Gasteiger partial charge in [0.25, 0.3) is 10.0 Å². The fourth-order valence-electron chi connectivity index (χ4n) is 3.06. The lowest BCUT2D eigenvalue weighted by Gasteiger charge is -2.20. The number of aromatic amines is 1. The van der Waals surface area contributed by atoms with Gasteiger partial charge in [0.05, 0.1) is 16.6 Å². The fourth-order valence-corrected chi connectivity index (χ4v) is 4.32. The molecule has 2 aromatic carbocycles. The molecule has 8 heteroatoms. The van der Waals surface area contributed by atoms with Crippen molar-refractivity contribution in [2.45, 2.75) is 37.1 Å². The average molecular weight is 446 g/mol. The van der Waals surface area contributed by atoms with Crippen molar-refractivity contribution in [1.29, 1.82) is 0 Å². The molecular formula is C22H24ClN3O3S. The SMILES string of the molecule is CC(C)(C)c1ccc(S(=O)(=O)Nc2ccc(Cl)cc2C(N)c2cc[nH]c(=O)c2)cc1. The molecule has 0 spiro atoms. The molecular weight excluding hydrogens is 422 g/mol. The third-order valence-corrected chi connectivity index (χ3v) is 6.40. The Bertz CT molecular complexity index is 1210. The summed E-state index contributed by atoms with van der Waals surface area (Å²) in [5, 5.41) is 0.405. The molecule has 1 heterocycles. The number of benzene rings is 2. The van der Waals surface area contributed by atoms with Gasteiger partial charge in [-0.05, 0) is 58.5 Å². The van der Waals surface area contributed by atoms with Gasteiger partial charge in [-0.25, -0.2) is 8.42 Å². The number of anilines is 1. The topological polar surface area (TPSA) is 105 Å². The molecule has 1 unspecified atom stereocenters. The number of nitrogens with one attached hydrogen (secondary N) is 2. The molecule has 1 aromatic heterocycles. The van der Waals surface area contributed by atoms with Crippen LogP contribution in [0, 0.1) is 0 Å². The summed E-state index contributed by atoms with van der Waals surface area (Å²) in [6.45, 7) is 6.18. The van der Waals surface area contributed by atoms with Crippen LogP contribution in [0.4, 0.5) is 5.69 Å². The zero-order valence-corrected chi connectivity index (χ0v) is 18.5. The van der Waals surface area contributed by atoms with Crippen LogP contribution in [0.25, 0.3) is 0 Å². The van der Waals surface area contributed by atoms with Crippen molar-refractivity contribution in [3.05, 3.63) is 92.9 Å². The van der Waals surface area contributed by atoms with Crippen molar-refractivity contribution >= 4 is 27.3 Å². The highest BCUT2D eigenvalue weighted by molar-refractivity contribution is 7.92. The summed E-state index contributed by atoms with van der Waals surface area (Å²) in [6.07, 6.45) is 1.49. The number of hydrogen-bond donors (Lipinski definition) is 3. The minimum Gasteiger partial charge on any atom is -0.329 e. The van der Waals surface area contributed by atoms with Gasteiger partial charge >= 0.3 is 0 Å². The van der Waals surface area contributed by atoms with Crippen molar-refractivity contribution in [2.24, 2.45) is 5.73 Å². The maximum atomic E-state index is 13.0. The smallest absolute Gasteiger partial charge is 0.261 e. The minimum absolute atomic E-state index is 0.0840. The molecule has 1 atom stereocenters. The van der Waals surface area contributed by atoms with Crippen LogP contribution in [0.5, 0.6) is 0 Å². The predicted octanol–water partition coefficient (Wildman–Crippen LogP) is 4.17. The Morgan fingerprint density at radius 2 is 1.70 bits per heavy atom. The Morgan fingerprint density at radius 1 is 1.03 bits per heavy atom. The number of H-pyrrole nitrogens is 1. The second-order valence-electron chi connectivity index (χ2n) is 8.08. The number of rotatable bonds is 5. The van der Waals surface area contributed by atoms with E-state index in [9.17, 15) is 13.2 Å². The highest BCUT2D eigenvalue weighted by Crippen LogP contribution is 2.31. The van der Waals surface area contributed by atoms with Gasteiger partial charge in [0.1, 0.15) is 0 Å². The van der Waals surface area contributed by atoms with Crippen molar-refractivity contribution in [3.8, 4) is 0 Å². The van der Waals surface area contributed by atoms with Gasteiger partial charge in [-0.3, -0.25) is 9.52 Å². The largest absolute Gasteiger partial charge is 0.329 e. The Hall–Kier alpha value is -2.61. The normalized spacial score (nSPS) is 13.1. The lowest BCUT2D eigenvalue weighted by atomic mass is 9.87. The van der Waals surface area contributed by atoms with E-state index < -0.39 is 16.1 Å². The van der Waals surface area contributed by atoms with Crippen LogP contribution in [-0.2, 0) is 15.4 Å². The van der Waals surface area contributed by atoms with E-state index in [1.54, 1.807) is 48.5 Å². The Labute approximate surface area is 181 Å². The predicted molar refractivity (Wildman–Crippen MR) is 120 cm³/mol. The summed E-state index contributed by atoms with van der Waals surface area (Å²) in [7, 11) is -3.85. The highest BCUT2D eigenvalue weighted by Gasteiger charge is 2.21. The maximum absolute atomic E-state index is 13.0. The van der Waals surface area contributed by atoms with Gasteiger partial charge in [0.15, 0.2) is 0 Å². The van der Waals surface area contributed by atoms with Crippen LogP contribution in [-0.4, -0.2) is 13.4 Å². The van der Waals surface area contributed by atoms with Crippen LogP contribution >= 0.6 is 11.6 Å². The van der Waals surface area contributed by atoms with Crippen LogP contribution in [0.3, 0.4) is 0 Å². The van der Waals surface area contributed by atoms with Gasteiger partial charge in [0, 0.05) is 17.3 Å². The highest BCUT2D eigenvalue weighted by atomic mass is 35.5. The Kier molecular flexibility index (Phi) is 6.08. The first kappa shape index (κ1) is 22.1. The summed E-state index contributed by atoms with van der Waals surface area (Å²) in [5.41, 5.74) is 8.28. The van der Waals surface area contributed by atoms with Crippen LogP contribution < -0.4 is 16.0 Å². The standard InChI is InChI=1S/C22H24ClN3O3S/c1-22(2,3)15-4-7-17(8-5-15)30(28,29)26-19-9-6-16(23)13-18(19)21(24)14-10-11-25-20(27)12-14/h4-13,21,26H,24H2,1-3H3,(H,25,27). The molecule has 0 radical (unpaired) electrons. The van der Waals surface area contributed by atoms with E-state index in [-0.39, 0.29) is 15.9 Å². The van der Waals surface area contributed by atoms with E-state index in [1.807, 2.05) is 0 Å². The number of pyridine rings is 1. The maximum Gasteiger partial charge on any atom is 0.261 e. The molecule has 0 bridgehead atoms. The number of hydrogen-bond acceptors (Lipinski definition) is 4. The van der Waals surface area contributed by atoms with Gasteiger partial charge < -0.3 is 10.7 Å². The molecule has 0 saturated heterocycles. The molecule has 0 aliphatic carbocycles. The zero-order chi connectivity index (χ0) is 22.1. The molecule has 30 heavy (non-hydrogen) atoms. The minimum atomic E-state index is -3.85. The lowest BCUT2D eigenvalue weighted by Crippen LogP contribution is -2.20. The Balaban J connectivity index is 1.97. The number of nitrogens with two attached hydrogens (primary N) is 1. The summed E-state index contributed by atoms with van der Waals surface area (Å²) < 4.78 is 28.5. The van der Waals surface area contributed by atoms with Gasteiger partial charge in [-0.1, -0.05) is 44.5 Å². The van der Waals surface area contributed by atoms with E-state index in [1.165, 1.54) is 12.3 Å². The van der Waals surface area contributed by atoms with E-state index in [4.69, 9.17) is 17.3 Å². The molecule has 4 N–H and O–H groups in total. The summed E-state index contributed by atoms with van der Waals surface area (Å²) in [5.74, 6) is 0. The van der Waals surface area contributed by atoms with Gasteiger partial charge in [-0.15, -0.1) is 0 Å². The molecule has 3 rings (SSSR count). The molecule has 0 amide bonds. The molecule has 0 aliphatic rings. The van der Waals surface area contributed by atoms with E-state index in [0.29, 0.717) is 21.8 Å². The number of sulfonamides is 1. The molecule has 0 saturated carbocycles. The molecule has 0 aliphatic heterocycles. The first-order chi connectivity index (χ1) is 14.0. The van der Waals surface area contributed by atoms with Crippen molar-refractivity contribution in [2.75, 3.05) is 4.72 Å². The van der Waals surface area contributed by atoms with Crippen LogP contribution in [0.2, 0.25) is 5.02 Å². The third-order valence-electron chi connectivity index (χ3n) is 4.78. The lowest BCUT2D eigenvalue weighted by molar-refractivity contribution is 0.587. The summed E-state index contributed by atoms with van der Waals surface area (Å²) in [4.78, 5) is 14.3. The average Bonchev–Trinajstić information content (AvgIpc) is 2.68.